The molecule has 5 nitrogen and oxygen atoms in total. The highest BCUT2D eigenvalue weighted by Crippen LogP contribution is 2.08. The van der Waals surface area contributed by atoms with Crippen molar-refractivity contribution < 1.29 is 23.1 Å². The third-order valence-electron chi connectivity index (χ3n) is 2.58. The minimum absolute atomic E-state index is 0.347. The van der Waals surface area contributed by atoms with Crippen LogP contribution in [0.4, 0.5) is 0 Å². The van der Waals surface area contributed by atoms with Crippen LogP contribution >= 0.6 is 0 Å². The molecule has 0 N–H and O–H groups in total. The average Bonchev–Trinajstić information content (AvgIpc) is 3.16. The van der Waals surface area contributed by atoms with Crippen molar-refractivity contribution in [1.29, 1.82) is 0 Å². The quantitative estimate of drug-likeness (QED) is 0.295. The number of rotatable bonds is 12. The van der Waals surface area contributed by atoms with Crippen molar-refractivity contribution in [2.24, 2.45) is 0 Å². The zero-order valence-electron chi connectivity index (χ0n) is 10.9. The Hall–Kier alpha value is 0.0169. The second kappa shape index (κ2) is 9.99. The predicted molar refractivity (Wildman–Crippen MR) is 66.6 cm³/mol. The van der Waals surface area contributed by atoms with E-state index in [1.807, 2.05) is 0 Å². The van der Waals surface area contributed by atoms with E-state index in [4.69, 9.17) is 23.1 Å². The van der Waals surface area contributed by atoms with Crippen LogP contribution < -0.4 is 0 Å². The Kier molecular flexibility index (Phi) is 8.86. The van der Waals surface area contributed by atoms with Crippen molar-refractivity contribution in [3.63, 3.8) is 0 Å². The third-order valence-corrected chi connectivity index (χ3v) is 4.51. The molecule has 6 heteroatoms. The lowest BCUT2D eigenvalue weighted by molar-refractivity contribution is 0.0408. The molecule has 0 radical (unpaired) electrons. The van der Waals surface area contributed by atoms with Crippen LogP contribution in [0.5, 0.6) is 0 Å². The first-order valence-corrected chi connectivity index (χ1v) is 7.95. The minimum Gasteiger partial charge on any atom is -0.400 e. The Morgan fingerprint density at radius 1 is 1.06 bits per heavy atom. The molecule has 0 aromatic heterocycles. The molecule has 1 aliphatic heterocycles. The Balaban J connectivity index is 1.71. The largest absolute Gasteiger partial charge is 0.400 e. The molecule has 1 unspecified atom stereocenters. The van der Waals surface area contributed by atoms with E-state index in [0.29, 0.717) is 25.9 Å². The monoisotopic (exact) mass is 264 g/mol. The second-order valence-electron chi connectivity index (χ2n) is 4.04. The van der Waals surface area contributed by atoms with Gasteiger partial charge in [-0.2, -0.15) is 0 Å². The number of unbranched alkanes of at least 4 members (excludes halogenated alkanes) is 1. The average molecular weight is 264 g/mol. The van der Waals surface area contributed by atoms with Crippen LogP contribution in [0.2, 0.25) is 6.04 Å². The first-order valence-electron chi connectivity index (χ1n) is 6.19. The van der Waals surface area contributed by atoms with Gasteiger partial charge in [-0.15, -0.1) is 0 Å². The summed E-state index contributed by atoms with van der Waals surface area (Å²) >= 11 is 0. The van der Waals surface area contributed by atoms with Crippen LogP contribution in [-0.2, 0) is 23.1 Å². The molecule has 1 saturated heterocycles. The van der Waals surface area contributed by atoms with E-state index in [-0.39, 0.29) is 0 Å². The van der Waals surface area contributed by atoms with Crippen LogP contribution in [0.3, 0.4) is 0 Å². The van der Waals surface area contributed by atoms with Gasteiger partial charge in [0.25, 0.3) is 0 Å². The van der Waals surface area contributed by atoms with E-state index in [1.54, 1.807) is 14.2 Å². The molecule has 0 bridgehead atoms. The van der Waals surface area contributed by atoms with Gasteiger partial charge in [0, 0.05) is 20.8 Å². The lowest BCUT2D eigenvalue weighted by Crippen LogP contribution is -2.18. The Morgan fingerprint density at radius 3 is 2.41 bits per heavy atom. The smallest absolute Gasteiger partial charge is 0.320 e. The summed E-state index contributed by atoms with van der Waals surface area (Å²) in [7, 11) is 2.08. The Morgan fingerprint density at radius 2 is 1.76 bits per heavy atom. The lowest BCUT2D eigenvalue weighted by atomic mass is 10.4. The van der Waals surface area contributed by atoms with Gasteiger partial charge in [-0.25, -0.2) is 0 Å². The molecule has 1 heterocycles. The van der Waals surface area contributed by atoms with Gasteiger partial charge < -0.3 is 23.1 Å². The zero-order valence-corrected chi connectivity index (χ0v) is 12.0. The Bertz CT molecular complexity index is 173. The normalized spacial score (nSPS) is 18.9. The minimum atomic E-state index is -1.36. The number of hydrogen-bond donors (Lipinski definition) is 0. The fourth-order valence-electron chi connectivity index (χ4n) is 1.45. The molecule has 0 saturated carbocycles. The van der Waals surface area contributed by atoms with Gasteiger partial charge in [0.05, 0.1) is 26.4 Å². The summed E-state index contributed by atoms with van der Waals surface area (Å²) in [6.45, 7) is 3.68. The van der Waals surface area contributed by atoms with Crippen molar-refractivity contribution in [1.82, 2.24) is 0 Å². The lowest BCUT2D eigenvalue weighted by Gasteiger charge is -2.10. The second-order valence-corrected chi connectivity index (χ2v) is 6.42. The summed E-state index contributed by atoms with van der Waals surface area (Å²) in [6.07, 6.45) is 2.51. The predicted octanol–water partition coefficient (Wildman–Crippen LogP) is 0.712. The van der Waals surface area contributed by atoms with E-state index >= 15 is 0 Å². The van der Waals surface area contributed by atoms with Crippen LogP contribution in [0.25, 0.3) is 0 Å². The number of ether oxygens (including phenoxy) is 3. The molecule has 1 atom stereocenters. The fraction of sp³-hybridized carbons (Fsp3) is 1.00. The molecule has 0 aromatic rings. The molecule has 102 valence electrons. The third kappa shape index (κ3) is 8.70. The van der Waals surface area contributed by atoms with E-state index in [2.05, 4.69) is 0 Å². The van der Waals surface area contributed by atoms with Crippen LogP contribution in [0.15, 0.2) is 0 Å². The summed E-state index contributed by atoms with van der Waals surface area (Å²) in [5.41, 5.74) is 0. The van der Waals surface area contributed by atoms with Crippen molar-refractivity contribution in [2.75, 3.05) is 47.3 Å². The zero-order chi connectivity index (χ0) is 12.3. The molecular weight excluding hydrogens is 240 g/mol. The van der Waals surface area contributed by atoms with Gasteiger partial charge in [0.2, 0.25) is 0 Å². The first kappa shape index (κ1) is 15.1. The molecule has 0 spiro atoms. The highest BCUT2D eigenvalue weighted by molar-refractivity contribution is 6.44. The van der Waals surface area contributed by atoms with E-state index in [0.717, 1.165) is 32.1 Å². The van der Waals surface area contributed by atoms with Crippen LogP contribution in [0.1, 0.15) is 12.8 Å². The van der Waals surface area contributed by atoms with Gasteiger partial charge in [-0.1, -0.05) is 0 Å². The summed E-state index contributed by atoms with van der Waals surface area (Å²) < 4.78 is 26.3. The fourth-order valence-corrected chi connectivity index (χ4v) is 2.73. The van der Waals surface area contributed by atoms with Crippen LogP contribution in [-0.4, -0.2) is 62.6 Å². The number of hydrogen-bond acceptors (Lipinski definition) is 5. The van der Waals surface area contributed by atoms with Gasteiger partial charge in [0.15, 0.2) is 0 Å². The summed E-state index contributed by atoms with van der Waals surface area (Å²) in [4.78, 5) is 0. The van der Waals surface area contributed by atoms with Crippen molar-refractivity contribution >= 4 is 9.28 Å². The van der Waals surface area contributed by atoms with E-state index in [1.165, 1.54) is 0 Å². The van der Waals surface area contributed by atoms with Gasteiger partial charge in [0.1, 0.15) is 6.10 Å². The van der Waals surface area contributed by atoms with Crippen molar-refractivity contribution in [2.45, 2.75) is 25.0 Å². The van der Waals surface area contributed by atoms with Gasteiger partial charge in [-0.05, 0) is 18.9 Å². The molecule has 1 rings (SSSR count). The van der Waals surface area contributed by atoms with E-state index in [9.17, 15) is 0 Å². The van der Waals surface area contributed by atoms with E-state index < -0.39 is 9.28 Å². The van der Waals surface area contributed by atoms with Crippen molar-refractivity contribution in [3.8, 4) is 0 Å². The molecular formula is C11H24O5Si. The standard InChI is InChI=1S/C11H24O5Si/c1-12-17(13-2)8-4-3-5-14-6-7-15-9-11-10-16-11/h11,17H,3-10H2,1-2H3. The highest BCUT2D eigenvalue weighted by atomic mass is 28.3. The summed E-state index contributed by atoms with van der Waals surface area (Å²) in [6, 6.07) is 1.05. The molecule has 17 heavy (non-hydrogen) atoms. The maximum absolute atomic E-state index is 5.45. The topological polar surface area (TPSA) is 49.5 Å². The Labute approximate surface area is 105 Å². The summed E-state index contributed by atoms with van der Waals surface area (Å²) in [5, 5.41) is 0. The molecule has 0 aromatic carbocycles. The SMILES string of the molecule is CO[SiH](CCCCOCCOCC1CO1)OC. The van der Waals surface area contributed by atoms with Gasteiger partial charge >= 0.3 is 9.28 Å². The van der Waals surface area contributed by atoms with Crippen LogP contribution in [0, 0.1) is 0 Å². The van der Waals surface area contributed by atoms with Crippen molar-refractivity contribution in [3.05, 3.63) is 0 Å². The number of epoxide rings is 1. The molecule has 1 fully saturated rings. The molecule has 0 amide bonds. The molecule has 0 aliphatic carbocycles. The molecule has 1 aliphatic rings. The first-order chi connectivity index (χ1) is 8.36. The maximum atomic E-state index is 5.45. The maximum Gasteiger partial charge on any atom is 0.320 e. The highest BCUT2D eigenvalue weighted by Gasteiger charge is 2.21. The van der Waals surface area contributed by atoms with Gasteiger partial charge in [-0.3, -0.25) is 0 Å². The summed E-state index contributed by atoms with van der Waals surface area (Å²) in [5.74, 6) is 0.